The molecule has 0 bridgehead atoms. The number of benzene rings is 1. The molecule has 0 aliphatic carbocycles. The average molecular weight is 285 g/mol. The first kappa shape index (κ1) is 16.1. The molecule has 0 aromatic heterocycles. The summed E-state index contributed by atoms with van der Waals surface area (Å²) in [5.74, 6) is 0. The van der Waals surface area contributed by atoms with Crippen LogP contribution in [0, 0.1) is 0 Å². The number of nitrogens with two attached hydrogens (primary N) is 1. The number of aryl methyl sites for hydroxylation is 1. The van der Waals surface area contributed by atoms with Crippen molar-refractivity contribution in [3.8, 4) is 0 Å². The molecular formula is C13H23N3O2S. The highest BCUT2D eigenvalue weighted by Crippen LogP contribution is 2.14. The number of hydrogen-bond acceptors (Lipinski definition) is 4. The highest BCUT2D eigenvalue weighted by atomic mass is 32.2. The van der Waals surface area contributed by atoms with Crippen LogP contribution in [0.25, 0.3) is 0 Å². The Hall–Kier alpha value is -0.950. The van der Waals surface area contributed by atoms with Crippen LogP contribution in [0.2, 0.25) is 0 Å². The predicted molar refractivity (Wildman–Crippen MR) is 77.6 cm³/mol. The molecule has 0 radical (unpaired) electrons. The number of rotatable bonds is 8. The van der Waals surface area contributed by atoms with E-state index in [0.717, 1.165) is 31.5 Å². The molecule has 108 valence electrons. The van der Waals surface area contributed by atoms with Gasteiger partial charge in [0, 0.05) is 27.2 Å². The SMILES string of the molecule is CN(C)S(=O)(=O)c1ccc(CCCNCCN)cc1. The Morgan fingerprint density at radius 1 is 1.16 bits per heavy atom. The first-order valence-corrected chi connectivity index (χ1v) is 7.84. The van der Waals surface area contributed by atoms with Crippen molar-refractivity contribution in [3.05, 3.63) is 29.8 Å². The van der Waals surface area contributed by atoms with Crippen molar-refractivity contribution in [3.63, 3.8) is 0 Å². The molecule has 6 heteroatoms. The lowest BCUT2D eigenvalue weighted by atomic mass is 10.1. The van der Waals surface area contributed by atoms with Crippen LogP contribution in [0.5, 0.6) is 0 Å². The van der Waals surface area contributed by atoms with E-state index >= 15 is 0 Å². The van der Waals surface area contributed by atoms with E-state index in [4.69, 9.17) is 5.73 Å². The number of nitrogens with one attached hydrogen (secondary N) is 1. The number of nitrogens with zero attached hydrogens (tertiary/aromatic N) is 1. The normalized spacial score (nSPS) is 12.0. The Morgan fingerprint density at radius 3 is 2.32 bits per heavy atom. The van der Waals surface area contributed by atoms with Crippen LogP contribution in [-0.4, -0.2) is 46.5 Å². The first-order chi connectivity index (χ1) is 8.98. The summed E-state index contributed by atoms with van der Waals surface area (Å²) in [5.41, 5.74) is 6.53. The molecule has 1 aromatic carbocycles. The zero-order chi connectivity index (χ0) is 14.3. The molecular weight excluding hydrogens is 262 g/mol. The van der Waals surface area contributed by atoms with Gasteiger partial charge in [0.15, 0.2) is 0 Å². The van der Waals surface area contributed by atoms with E-state index < -0.39 is 10.0 Å². The molecule has 1 aromatic rings. The third-order valence-electron chi connectivity index (χ3n) is 2.84. The van der Waals surface area contributed by atoms with E-state index in [0.29, 0.717) is 11.4 Å². The van der Waals surface area contributed by atoms with Gasteiger partial charge in [-0.3, -0.25) is 0 Å². The van der Waals surface area contributed by atoms with E-state index in [1.165, 1.54) is 18.4 Å². The van der Waals surface area contributed by atoms with Crippen molar-refractivity contribution in [1.29, 1.82) is 0 Å². The molecule has 0 aliphatic rings. The molecule has 0 atom stereocenters. The molecule has 0 heterocycles. The molecule has 19 heavy (non-hydrogen) atoms. The molecule has 0 saturated heterocycles. The fourth-order valence-corrected chi connectivity index (χ4v) is 2.59. The molecule has 0 unspecified atom stereocenters. The van der Waals surface area contributed by atoms with Crippen LogP contribution in [-0.2, 0) is 16.4 Å². The van der Waals surface area contributed by atoms with Crippen molar-refractivity contribution >= 4 is 10.0 Å². The maximum absolute atomic E-state index is 11.9. The zero-order valence-electron chi connectivity index (χ0n) is 11.6. The average Bonchev–Trinajstić information content (AvgIpc) is 2.39. The fourth-order valence-electron chi connectivity index (χ4n) is 1.68. The molecule has 3 N–H and O–H groups in total. The van der Waals surface area contributed by atoms with Gasteiger partial charge in [0.05, 0.1) is 4.90 Å². The van der Waals surface area contributed by atoms with Crippen LogP contribution in [0.1, 0.15) is 12.0 Å². The second-order valence-corrected chi connectivity index (χ2v) is 6.73. The van der Waals surface area contributed by atoms with Crippen LogP contribution < -0.4 is 11.1 Å². The minimum atomic E-state index is -3.32. The predicted octanol–water partition coefficient (Wildman–Crippen LogP) is 0.418. The number of sulfonamides is 1. The van der Waals surface area contributed by atoms with E-state index in [1.54, 1.807) is 12.1 Å². The molecule has 0 amide bonds. The topological polar surface area (TPSA) is 75.4 Å². The minimum absolute atomic E-state index is 0.336. The van der Waals surface area contributed by atoms with Crippen molar-refractivity contribution in [2.45, 2.75) is 17.7 Å². The second kappa shape index (κ2) is 7.59. The minimum Gasteiger partial charge on any atom is -0.329 e. The largest absolute Gasteiger partial charge is 0.329 e. The zero-order valence-corrected chi connectivity index (χ0v) is 12.4. The van der Waals surface area contributed by atoms with Crippen molar-refractivity contribution in [1.82, 2.24) is 9.62 Å². The van der Waals surface area contributed by atoms with Crippen LogP contribution in [0.4, 0.5) is 0 Å². The molecule has 0 saturated carbocycles. The van der Waals surface area contributed by atoms with Gasteiger partial charge in [-0.1, -0.05) is 12.1 Å². The van der Waals surface area contributed by atoms with Gasteiger partial charge in [0.2, 0.25) is 10.0 Å². The lowest BCUT2D eigenvalue weighted by molar-refractivity contribution is 0.520. The summed E-state index contributed by atoms with van der Waals surface area (Å²) in [6.45, 7) is 2.41. The quantitative estimate of drug-likeness (QED) is 0.679. The van der Waals surface area contributed by atoms with Gasteiger partial charge in [-0.2, -0.15) is 0 Å². The molecule has 0 spiro atoms. The van der Waals surface area contributed by atoms with Gasteiger partial charge in [-0.25, -0.2) is 12.7 Å². The van der Waals surface area contributed by atoms with Gasteiger partial charge < -0.3 is 11.1 Å². The Bertz CT molecular complexity index is 469. The molecule has 5 nitrogen and oxygen atoms in total. The molecule has 0 fully saturated rings. The summed E-state index contributed by atoms with van der Waals surface area (Å²) in [6, 6.07) is 7.08. The number of hydrogen-bond donors (Lipinski definition) is 2. The summed E-state index contributed by atoms with van der Waals surface area (Å²) < 4.78 is 25.0. The van der Waals surface area contributed by atoms with E-state index in [2.05, 4.69) is 5.32 Å². The molecule has 1 rings (SSSR count). The van der Waals surface area contributed by atoms with Gasteiger partial charge >= 0.3 is 0 Å². The monoisotopic (exact) mass is 285 g/mol. The molecule has 0 aliphatic heterocycles. The third kappa shape index (κ3) is 4.91. The van der Waals surface area contributed by atoms with E-state index in [9.17, 15) is 8.42 Å². The summed E-state index contributed by atoms with van der Waals surface area (Å²) in [4.78, 5) is 0.336. The van der Waals surface area contributed by atoms with E-state index in [-0.39, 0.29) is 0 Å². The fraction of sp³-hybridized carbons (Fsp3) is 0.538. The summed E-state index contributed by atoms with van der Waals surface area (Å²) >= 11 is 0. The lowest BCUT2D eigenvalue weighted by Gasteiger charge is -2.11. The Morgan fingerprint density at radius 2 is 1.79 bits per heavy atom. The van der Waals surface area contributed by atoms with E-state index in [1.807, 2.05) is 12.1 Å². The maximum Gasteiger partial charge on any atom is 0.242 e. The second-order valence-electron chi connectivity index (χ2n) is 4.57. The summed E-state index contributed by atoms with van der Waals surface area (Å²) in [5, 5.41) is 3.23. The third-order valence-corrected chi connectivity index (χ3v) is 4.67. The highest BCUT2D eigenvalue weighted by Gasteiger charge is 2.16. The smallest absolute Gasteiger partial charge is 0.242 e. The van der Waals surface area contributed by atoms with Crippen molar-refractivity contribution in [2.24, 2.45) is 5.73 Å². The first-order valence-electron chi connectivity index (χ1n) is 6.40. The van der Waals surface area contributed by atoms with Crippen molar-refractivity contribution in [2.75, 3.05) is 33.7 Å². The Balaban J connectivity index is 2.53. The van der Waals surface area contributed by atoms with Crippen LogP contribution in [0.15, 0.2) is 29.2 Å². The standard InChI is InChI=1S/C13H23N3O2S/c1-16(2)19(17,18)13-7-5-12(6-8-13)4-3-10-15-11-9-14/h5-8,15H,3-4,9-11,14H2,1-2H3. The van der Waals surface area contributed by atoms with Crippen LogP contribution >= 0.6 is 0 Å². The summed E-state index contributed by atoms with van der Waals surface area (Å²) in [7, 11) is -0.251. The highest BCUT2D eigenvalue weighted by molar-refractivity contribution is 7.89. The lowest BCUT2D eigenvalue weighted by Crippen LogP contribution is -2.23. The van der Waals surface area contributed by atoms with Crippen molar-refractivity contribution < 1.29 is 8.42 Å². The van der Waals surface area contributed by atoms with Gasteiger partial charge in [-0.15, -0.1) is 0 Å². The Labute approximate surface area is 115 Å². The van der Waals surface area contributed by atoms with Gasteiger partial charge in [0.1, 0.15) is 0 Å². The Kier molecular flexibility index (Phi) is 6.44. The maximum atomic E-state index is 11.9. The van der Waals surface area contributed by atoms with Gasteiger partial charge in [-0.05, 0) is 37.1 Å². The van der Waals surface area contributed by atoms with Gasteiger partial charge in [0.25, 0.3) is 0 Å². The summed E-state index contributed by atoms with van der Waals surface area (Å²) in [6.07, 6.45) is 1.94. The van der Waals surface area contributed by atoms with Crippen LogP contribution in [0.3, 0.4) is 0 Å².